The van der Waals surface area contributed by atoms with Crippen LogP contribution in [0.1, 0.15) is 19.5 Å². The van der Waals surface area contributed by atoms with Crippen LogP contribution in [0, 0.1) is 0 Å². The highest BCUT2D eigenvalue weighted by atomic mass is 16.7. The normalized spacial score (nSPS) is 11.1. The van der Waals surface area contributed by atoms with Gasteiger partial charge in [-0.2, -0.15) is 0 Å². The van der Waals surface area contributed by atoms with Crippen molar-refractivity contribution >= 4 is 0 Å². The van der Waals surface area contributed by atoms with Crippen molar-refractivity contribution in [2.24, 2.45) is 0 Å². The van der Waals surface area contributed by atoms with Crippen molar-refractivity contribution in [2.75, 3.05) is 19.8 Å². The molecule has 0 aliphatic carbocycles. The van der Waals surface area contributed by atoms with E-state index in [-0.39, 0.29) is 6.29 Å². The van der Waals surface area contributed by atoms with Crippen LogP contribution in [0.4, 0.5) is 0 Å². The highest BCUT2D eigenvalue weighted by Crippen LogP contribution is 1.96. The van der Waals surface area contributed by atoms with Crippen molar-refractivity contribution in [2.45, 2.75) is 26.7 Å². The molecule has 0 unspecified atom stereocenters. The largest absolute Gasteiger partial charge is 0.364 e. The Kier molecular flexibility index (Phi) is 5.99. The van der Waals surface area contributed by atoms with Gasteiger partial charge in [-0.15, -0.1) is 0 Å². The lowest BCUT2D eigenvalue weighted by Crippen LogP contribution is -2.31. The number of hydrogen-bond acceptors (Lipinski definition) is 5. The maximum atomic E-state index is 5.37. The lowest BCUT2D eigenvalue weighted by atomic mass is 10.4. The molecule has 5 nitrogen and oxygen atoms in total. The monoisotopic (exact) mass is 214 g/mol. The maximum absolute atomic E-state index is 5.37. The minimum atomic E-state index is -0.188. The number of nitrogens with one attached hydrogen (secondary N) is 1. The second kappa shape index (κ2) is 7.39. The average Bonchev–Trinajstić information content (AvgIpc) is 2.71. The minimum absolute atomic E-state index is 0.188. The number of rotatable bonds is 8. The Balaban J connectivity index is 2.15. The standard InChI is InChI=1S/C10H18N2O3/c1-3-13-10(14-4-2)8-11-7-9-5-6-15-12-9/h5-6,10-11H,3-4,7-8H2,1-2H3. The molecule has 15 heavy (non-hydrogen) atoms. The van der Waals surface area contributed by atoms with Gasteiger partial charge in [-0.3, -0.25) is 0 Å². The third-order valence-corrected chi connectivity index (χ3v) is 1.81. The molecular weight excluding hydrogens is 196 g/mol. The first-order valence-electron chi connectivity index (χ1n) is 5.20. The zero-order chi connectivity index (χ0) is 10.9. The Labute approximate surface area is 89.7 Å². The summed E-state index contributed by atoms with van der Waals surface area (Å²) < 4.78 is 15.5. The Bertz CT molecular complexity index is 233. The first-order chi connectivity index (χ1) is 7.36. The molecule has 1 aromatic heterocycles. The van der Waals surface area contributed by atoms with E-state index in [4.69, 9.17) is 14.0 Å². The van der Waals surface area contributed by atoms with Crippen LogP contribution in [0.15, 0.2) is 16.9 Å². The van der Waals surface area contributed by atoms with Gasteiger partial charge in [0.1, 0.15) is 6.26 Å². The molecule has 0 bridgehead atoms. The summed E-state index contributed by atoms with van der Waals surface area (Å²) in [6.45, 7) is 6.50. The van der Waals surface area contributed by atoms with Crippen LogP contribution in [0.25, 0.3) is 0 Å². The fourth-order valence-corrected chi connectivity index (χ4v) is 1.18. The Hall–Kier alpha value is -0.910. The highest BCUT2D eigenvalue weighted by Gasteiger charge is 2.07. The van der Waals surface area contributed by atoms with Gasteiger partial charge in [-0.05, 0) is 13.8 Å². The molecule has 0 atom stereocenters. The van der Waals surface area contributed by atoms with Gasteiger partial charge in [0.2, 0.25) is 0 Å². The summed E-state index contributed by atoms with van der Waals surface area (Å²) in [5, 5.41) is 6.97. The smallest absolute Gasteiger partial charge is 0.169 e. The molecular formula is C10H18N2O3. The van der Waals surface area contributed by atoms with Gasteiger partial charge in [0.05, 0.1) is 5.69 Å². The summed E-state index contributed by atoms with van der Waals surface area (Å²) in [4.78, 5) is 0. The summed E-state index contributed by atoms with van der Waals surface area (Å²) in [7, 11) is 0. The number of aromatic nitrogens is 1. The third kappa shape index (κ3) is 4.92. The van der Waals surface area contributed by atoms with E-state index in [1.807, 2.05) is 19.9 Å². The van der Waals surface area contributed by atoms with Crippen molar-refractivity contribution < 1.29 is 14.0 Å². The minimum Gasteiger partial charge on any atom is -0.364 e. The zero-order valence-electron chi connectivity index (χ0n) is 9.23. The predicted molar refractivity (Wildman–Crippen MR) is 55.2 cm³/mol. The van der Waals surface area contributed by atoms with E-state index in [0.29, 0.717) is 26.3 Å². The fraction of sp³-hybridized carbons (Fsp3) is 0.700. The predicted octanol–water partition coefficient (Wildman–Crippen LogP) is 1.16. The van der Waals surface area contributed by atoms with E-state index < -0.39 is 0 Å². The van der Waals surface area contributed by atoms with E-state index in [0.717, 1.165) is 5.69 Å². The van der Waals surface area contributed by atoms with Crippen molar-refractivity contribution in [3.05, 3.63) is 18.0 Å². The van der Waals surface area contributed by atoms with Crippen molar-refractivity contribution in [3.63, 3.8) is 0 Å². The Morgan fingerprint density at radius 3 is 2.67 bits per heavy atom. The summed E-state index contributed by atoms with van der Waals surface area (Å²) in [6.07, 6.45) is 1.37. The zero-order valence-corrected chi connectivity index (χ0v) is 9.23. The molecule has 1 aromatic rings. The Morgan fingerprint density at radius 2 is 2.13 bits per heavy atom. The van der Waals surface area contributed by atoms with E-state index in [2.05, 4.69) is 10.5 Å². The van der Waals surface area contributed by atoms with Gasteiger partial charge in [-0.1, -0.05) is 5.16 Å². The summed E-state index contributed by atoms with van der Waals surface area (Å²) >= 11 is 0. The lowest BCUT2D eigenvalue weighted by Gasteiger charge is -2.16. The number of nitrogens with zero attached hydrogens (tertiary/aromatic N) is 1. The van der Waals surface area contributed by atoms with Crippen molar-refractivity contribution in [1.82, 2.24) is 10.5 Å². The molecule has 0 saturated heterocycles. The summed E-state index contributed by atoms with van der Waals surface area (Å²) in [5.74, 6) is 0. The van der Waals surface area contributed by atoms with Crippen LogP contribution >= 0.6 is 0 Å². The maximum Gasteiger partial charge on any atom is 0.169 e. The second-order valence-electron chi connectivity index (χ2n) is 2.96. The third-order valence-electron chi connectivity index (χ3n) is 1.81. The van der Waals surface area contributed by atoms with Crippen LogP contribution < -0.4 is 5.32 Å². The highest BCUT2D eigenvalue weighted by molar-refractivity contribution is 4.94. The van der Waals surface area contributed by atoms with Crippen LogP contribution in [0.3, 0.4) is 0 Å². The van der Waals surface area contributed by atoms with Gasteiger partial charge >= 0.3 is 0 Å². The van der Waals surface area contributed by atoms with Gasteiger partial charge in [0, 0.05) is 32.4 Å². The quantitative estimate of drug-likeness (QED) is 0.658. The molecule has 0 saturated carbocycles. The van der Waals surface area contributed by atoms with Gasteiger partial charge in [-0.25, -0.2) is 0 Å². The molecule has 0 radical (unpaired) electrons. The van der Waals surface area contributed by atoms with Gasteiger partial charge in [0.15, 0.2) is 6.29 Å². The molecule has 0 aliphatic rings. The molecule has 0 fully saturated rings. The van der Waals surface area contributed by atoms with Crippen LogP contribution in [0.2, 0.25) is 0 Å². The van der Waals surface area contributed by atoms with Gasteiger partial charge < -0.3 is 19.3 Å². The molecule has 1 N–H and O–H groups in total. The fourth-order valence-electron chi connectivity index (χ4n) is 1.18. The van der Waals surface area contributed by atoms with Crippen LogP contribution in [-0.2, 0) is 16.0 Å². The Morgan fingerprint density at radius 1 is 1.40 bits per heavy atom. The van der Waals surface area contributed by atoms with E-state index in [9.17, 15) is 0 Å². The molecule has 1 heterocycles. The molecule has 0 spiro atoms. The van der Waals surface area contributed by atoms with E-state index in [1.165, 1.54) is 0 Å². The number of ether oxygens (including phenoxy) is 2. The molecule has 0 aliphatic heterocycles. The summed E-state index contributed by atoms with van der Waals surface area (Å²) in [5.41, 5.74) is 0.877. The SMILES string of the molecule is CCOC(CNCc1ccon1)OCC. The molecule has 5 heteroatoms. The lowest BCUT2D eigenvalue weighted by molar-refractivity contribution is -0.133. The van der Waals surface area contributed by atoms with E-state index >= 15 is 0 Å². The molecule has 86 valence electrons. The number of hydrogen-bond donors (Lipinski definition) is 1. The van der Waals surface area contributed by atoms with Crippen LogP contribution in [-0.4, -0.2) is 31.2 Å². The topological polar surface area (TPSA) is 56.5 Å². The van der Waals surface area contributed by atoms with Gasteiger partial charge in [0.25, 0.3) is 0 Å². The second-order valence-corrected chi connectivity index (χ2v) is 2.96. The molecule has 0 amide bonds. The van der Waals surface area contributed by atoms with Crippen molar-refractivity contribution in [1.29, 1.82) is 0 Å². The molecule has 1 rings (SSSR count). The van der Waals surface area contributed by atoms with E-state index in [1.54, 1.807) is 6.26 Å². The van der Waals surface area contributed by atoms with Crippen LogP contribution in [0.5, 0.6) is 0 Å². The summed E-state index contributed by atoms with van der Waals surface area (Å²) in [6, 6.07) is 1.82. The average molecular weight is 214 g/mol. The van der Waals surface area contributed by atoms with Crippen molar-refractivity contribution in [3.8, 4) is 0 Å². The first kappa shape index (κ1) is 12.2. The molecule has 0 aromatic carbocycles. The first-order valence-corrected chi connectivity index (χ1v) is 5.20.